The molecule has 0 aliphatic heterocycles. The van der Waals surface area contributed by atoms with Gasteiger partial charge in [-0.05, 0) is 31.9 Å². The molecule has 2 aromatic rings. The predicted octanol–water partition coefficient (Wildman–Crippen LogP) is 2.86. The van der Waals surface area contributed by atoms with Crippen molar-refractivity contribution in [3.63, 3.8) is 0 Å². The molecule has 3 rings (SSSR count). The quantitative estimate of drug-likeness (QED) is 0.875. The summed E-state index contributed by atoms with van der Waals surface area (Å²) in [6.07, 6.45) is 2.08. The molecule has 1 aromatic heterocycles. The topological polar surface area (TPSA) is 55.1 Å². The van der Waals surface area contributed by atoms with Crippen molar-refractivity contribution >= 4 is 28.8 Å². The summed E-state index contributed by atoms with van der Waals surface area (Å²) in [7, 11) is 0. The molecule has 1 heterocycles. The van der Waals surface area contributed by atoms with Gasteiger partial charge in [0.05, 0.1) is 16.8 Å². The van der Waals surface area contributed by atoms with Crippen LogP contribution in [0.1, 0.15) is 19.8 Å². The number of aliphatic carboxylic acids is 1. The van der Waals surface area contributed by atoms with E-state index in [2.05, 4.69) is 16.5 Å². The van der Waals surface area contributed by atoms with E-state index in [0.29, 0.717) is 10.7 Å². The van der Waals surface area contributed by atoms with Crippen molar-refractivity contribution < 1.29 is 14.3 Å². The van der Waals surface area contributed by atoms with Gasteiger partial charge in [0.2, 0.25) is 0 Å². The molecular formula is C13H13FN2O2S. The fourth-order valence-electron chi connectivity index (χ4n) is 2.18. The molecule has 1 aliphatic carbocycles. The number of carboxylic acid groups (broad SMARTS) is 1. The lowest BCUT2D eigenvalue weighted by Gasteiger charge is -2.15. The maximum absolute atomic E-state index is 13.3. The van der Waals surface area contributed by atoms with Crippen LogP contribution in [0.25, 0.3) is 11.0 Å². The van der Waals surface area contributed by atoms with Crippen LogP contribution in [0.2, 0.25) is 0 Å². The van der Waals surface area contributed by atoms with Gasteiger partial charge in [-0.2, -0.15) is 0 Å². The second-order valence-electron chi connectivity index (χ2n) is 5.04. The van der Waals surface area contributed by atoms with Gasteiger partial charge in [-0.3, -0.25) is 4.79 Å². The van der Waals surface area contributed by atoms with E-state index in [1.165, 1.54) is 23.9 Å². The van der Waals surface area contributed by atoms with E-state index in [9.17, 15) is 9.18 Å². The molecule has 1 aromatic carbocycles. The Labute approximate surface area is 113 Å². The molecule has 6 heteroatoms. The van der Waals surface area contributed by atoms with E-state index in [1.807, 2.05) is 0 Å². The third kappa shape index (κ3) is 2.20. The number of aromatic nitrogens is 2. The number of hydrogen-bond acceptors (Lipinski definition) is 3. The smallest absolute Gasteiger partial charge is 0.313 e. The second kappa shape index (κ2) is 4.23. The van der Waals surface area contributed by atoms with Gasteiger partial charge < -0.3 is 9.67 Å². The predicted molar refractivity (Wildman–Crippen MR) is 70.9 cm³/mol. The van der Waals surface area contributed by atoms with Crippen molar-refractivity contribution in [1.29, 1.82) is 0 Å². The molecule has 0 bridgehead atoms. The number of fused-ring (bicyclic) bond motifs is 1. The molecule has 4 nitrogen and oxygen atoms in total. The molecule has 1 aliphatic rings. The lowest BCUT2D eigenvalue weighted by atomic mass is 10.2. The molecule has 19 heavy (non-hydrogen) atoms. The summed E-state index contributed by atoms with van der Waals surface area (Å²) >= 11 is 1.18. The van der Waals surface area contributed by atoms with Gasteiger partial charge in [-0.25, -0.2) is 9.37 Å². The van der Waals surface area contributed by atoms with Crippen LogP contribution < -0.4 is 0 Å². The first-order valence-corrected chi connectivity index (χ1v) is 7.01. The molecule has 0 radical (unpaired) electrons. The first-order valence-electron chi connectivity index (χ1n) is 6.03. The van der Waals surface area contributed by atoms with E-state index in [0.717, 1.165) is 18.4 Å². The maximum Gasteiger partial charge on any atom is 0.313 e. The zero-order chi connectivity index (χ0) is 13.6. The molecule has 0 spiro atoms. The Kier molecular flexibility index (Phi) is 2.78. The SMILES string of the molecule is CC1(n2c(SCC(=O)O)nc3cc(F)ccc32)CC1. The van der Waals surface area contributed by atoms with Gasteiger partial charge in [0.15, 0.2) is 5.16 Å². The van der Waals surface area contributed by atoms with Crippen molar-refractivity contribution in [2.24, 2.45) is 0 Å². The van der Waals surface area contributed by atoms with E-state index in [-0.39, 0.29) is 17.1 Å². The largest absolute Gasteiger partial charge is 0.481 e. The standard InChI is InChI=1S/C13H13FN2O2S/c1-13(4-5-13)16-10-3-2-8(14)6-9(10)15-12(16)19-7-11(17)18/h2-3,6H,4-5,7H2,1H3,(H,17,18). The molecule has 1 N–H and O–H groups in total. The van der Waals surface area contributed by atoms with Gasteiger partial charge in [0.1, 0.15) is 5.82 Å². The third-order valence-electron chi connectivity index (χ3n) is 3.42. The average molecular weight is 280 g/mol. The highest BCUT2D eigenvalue weighted by Gasteiger charge is 2.42. The lowest BCUT2D eigenvalue weighted by molar-refractivity contribution is -0.133. The molecule has 1 fully saturated rings. The summed E-state index contributed by atoms with van der Waals surface area (Å²) in [6.45, 7) is 2.11. The molecule has 0 unspecified atom stereocenters. The molecule has 0 amide bonds. The van der Waals surface area contributed by atoms with Crippen LogP contribution >= 0.6 is 11.8 Å². The van der Waals surface area contributed by atoms with E-state index >= 15 is 0 Å². The Morgan fingerprint density at radius 1 is 1.58 bits per heavy atom. The summed E-state index contributed by atoms with van der Waals surface area (Å²) in [5.74, 6) is -1.24. The molecular weight excluding hydrogens is 267 g/mol. The highest BCUT2D eigenvalue weighted by molar-refractivity contribution is 7.99. The van der Waals surface area contributed by atoms with Gasteiger partial charge in [-0.15, -0.1) is 0 Å². The number of carbonyl (C=O) groups is 1. The van der Waals surface area contributed by atoms with Crippen molar-refractivity contribution in [2.45, 2.75) is 30.5 Å². The van der Waals surface area contributed by atoms with Crippen molar-refractivity contribution in [3.8, 4) is 0 Å². The zero-order valence-electron chi connectivity index (χ0n) is 10.4. The van der Waals surface area contributed by atoms with Crippen LogP contribution in [0, 0.1) is 5.82 Å². The first-order chi connectivity index (χ1) is 8.99. The number of hydrogen-bond donors (Lipinski definition) is 1. The Morgan fingerprint density at radius 3 is 2.95 bits per heavy atom. The Balaban J connectivity index is 2.11. The van der Waals surface area contributed by atoms with Gasteiger partial charge in [0.25, 0.3) is 0 Å². The van der Waals surface area contributed by atoms with Gasteiger partial charge in [0, 0.05) is 11.6 Å². The second-order valence-corrected chi connectivity index (χ2v) is 5.98. The normalized spacial score (nSPS) is 16.7. The Bertz CT molecular complexity index is 664. The minimum Gasteiger partial charge on any atom is -0.481 e. The molecule has 0 atom stereocenters. The van der Waals surface area contributed by atoms with Gasteiger partial charge >= 0.3 is 5.97 Å². The van der Waals surface area contributed by atoms with Gasteiger partial charge in [-0.1, -0.05) is 11.8 Å². The summed E-state index contributed by atoms with van der Waals surface area (Å²) < 4.78 is 15.3. The maximum atomic E-state index is 13.3. The van der Waals surface area contributed by atoms with Crippen molar-refractivity contribution in [1.82, 2.24) is 9.55 Å². The van der Waals surface area contributed by atoms with Crippen LogP contribution in [0.5, 0.6) is 0 Å². The third-order valence-corrected chi connectivity index (χ3v) is 4.35. The number of nitrogens with zero attached hydrogens (tertiary/aromatic N) is 2. The van der Waals surface area contributed by atoms with E-state index < -0.39 is 5.97 Å². The van der Waals surface area contributed by atoms with E-state index in [1.54, 1.807) is 6.07 Å². The monoisotopic (exact) mass is 280 g/mol. The van der Waals surface area contributed by atoms with Crippen LogP contribution in [0.15, 0.2) is 23.4 Å². The molecule has 0 saturated heterocycles. The summed E-state index contributed by atoms with van der Waals surface area (Å²) in [4.78, 5) is 15.1. The van der Waals surface area contributed by atoms with Crippen LogP contribution in [0.4, 0.5) is 4.39 Å². The fraction of sp³-hybridized carbons (Fsp3) is 0.385. The molecule has 100 valence electrons. The van der Waals surface area contributed by atoms with Crippen LogP contribution in [0.3, 0.4) is 0 Å². The minimum atomic E-state index is -0.879. The fourth-order valence-corrected chi connectivity index (χ4v) is 3.04. The first kappa shape index (κ1) is 12.5. The summed E-state index contributed by atoms with van der Waals surface area (Å²) in [6, 6.07) is 4.52. The molecule has 1 saturated carbocycles. The summed E-state index contributed by atoms with van der Waals surface area (Å²) in [5, 5.41) is 9.44. The van der Waals surface area contributed by atoms with Crippen molar-refractivity contribution in [2.75, 3.05) is 5.75 Å². The number of carboxylic acids is 1. The van der Waals surface area contributed by atoms with Crippen molar-refractivity contribution in [3.05, 3.63) is 24.0 Å². The highest BCUT2D eigenvalue weighted by Crippen LogP contribution is 2.47. The lowest BCUT2D eigenvalue weighted by Crippen LogP contribution is -2.14. The average Bonchev–Trinajstić information content (AvgIpc) is 2.97. The number of halogens is 1. The van der Waals surface area contributed by atoms with E-state index in [4.69, 9.17) is 5.11 Å². The van der Waals surface area contributed by atoms with Crippen LogP contribution in [-0.2, 0) is 10.3 Å². The number of imidazole rings is 1. The summed E-state index contributed by atoms with van der Waals surface area (Å²) in [5.41, 5.74) is 1.45. The minimum absolute atomic E-state index is 0.00653. The Hall–Kier alpha value is -1.56. The number of rotatable bonds is 4. The zero-order valence-corrected chi connectivity index (χ0v) is 11.2. The van der Waals surface area contributed by atoms with Crippen LogP contribution in [-0.4, -0.2) is 26.4 Å². The highest BCUT2D eigenvalue weighted by atomic mass is 32.2. The number of benzene rings is 1. The number of thioether (sulfide) groups is 1. The Morgan fingerprint density at radius 2 is 2.32 bits per heavy atom.